The van der Waals surface area contributed by atoms with Crippen LogP contribution < -0.4 is 16.0 Å². The lowest BCUT2D eigenvalue weighted by molar-refractivity contribution is 0.0995. The minimum Gasteiger partial charge on any atom is -0.366 e. The molecule has 1 amide bonds. The van der Waals surface area contributed by atoms with Gasteiger partial charge in [-0.05, 0) is 57.5 Å². The largest absolute Gasteiger partial charge is 0.366 e. The fourth-order valence-electron chi connectivity index (χ4n) is 5.34. The fourth-order valence-corrected chi connectivity index (χ4v) is 5.34. The van der Waals surface area contributed by atoms with E-state index >= 15 is 0 Å². The number of piperazine rings is 1. The Hall–Kier alpha value is -3.99. The number of carbonyl (C=O) groups is 1. The lowest BCUT2D eigenvalue weighted by Crippen LogP contribution is -2.53. The molecule has 0 saturated carbocycles. The van der Waals surface area contributed by atoms with Crippen molar-refractivity contribution in [1.82, 2.24) is 34.7 Å². The van der Waals surface area contributed by atoms with Crippen LogP contribution in [0, 0.1) is 0 Å². The van der Waals surface area contributed by atoms with Gasteiger partial charge in [-0.2, -0.15) is 10.2 Å². The van der Waals surface area contributed by atoms with Gasteiger partial charge in [-0.25, -0.2) is 14.5 Å². The number of nitrogens with one attached hydrogen (secondary N) is 2. The molecule has 6 rings (SSSR count). The summed E-state index contributed by atoms with van der Waals surface area (Å²) in [5.74, 6) is -0.00715. The molecule has 2 bridgehead atoms. The summed E-state index contributed by atoms with van der Waals surface area (Å²) in [5.41, 5.74) is 9.56. The number of aromatic amines is 1. The highest BCUT2D eigenvalue weighted by molar-refractivity contribution is 5.91. The van der Waals surface area contributed by atoms with Crippen LogP contribution in [0.5, 0.6) is 0 Å². The van der Waals surface area contributed by atoms with Crippen LogP contribution in [0.3, 0.4) is 0 Å². The topological polar surface area (TPSA) is 133 Å². The number of likely N-dealkylation sites (tertiary alicyclic amines) is 1. The van der Waals surface area contributed by atoms with E-state index in [0.29, 0.717) is 34.9 Å². The van der Waals surface area contributed by atoms with E-state index in [0.717, 1.165) is 18.8 Å². The second kappa shape index (κ2) is 7.77. The summed E-state index contributed by atoms with van der Waals surface area (Å²) in [6.07, 6.45) is 4.33. The van der Waals surface area contributed by atoms with Crippen molar-refractivity contribution in [1.29, 1.82) is 0 Å². The molecule has 2 fully saturated rings. The highest BCUT2D eigenvalue weighted by Gasteiger charge is 2.46. The van der Waals surface area contributed by atoms with E-state index in [-0.39, 0.29) is 11.2 Å². The van der Waals surface area contributed by atoms with Crippen molar-refractivity contribution in [2.24, 2.45) is 5.73 Å². The van der Waals surface area contributed by atoms with Gasteiger partial charge in [0.25, 0.3) is 5.91 Å². The molecule has 0 spiro atoms. The van der Waals surface area contributed by atoms with E-state index in [2.05, 4.69) is 85.4 Å². The van der Waals surface area contributed by atoms with Crippen LogP contribution in [0.4, 0.5) is 17.2 Å². The fraction of sp³-hybridized carbons (Fsp3) is 0.375. The SMILES string of the molecule is CC(C)(C)N1C[C@@H]2C[C@@H]1CN2c1ccc(Nc2ncc(-c3cc(C(N)=O)[nH]n3)n3ncnc23)cc1. The molecule has 0 radical (unpaired) electrons. The second-order valence-electron chi connectivity index (χ2n) is 10.2. The lowest BCUT2D eigenvalue weighted by Gasteiger charge is -2.42. The molecule has 35 heavy (non-hydrogen) atoms. The van der Waals surface area contributed by atoms with Crippen LogP contribution in [0.1, 0.15) is 37.7 Å². The van der Waals surface area contributed by atoms with Gasteiger partial charge in [0.2, 0.25) is 0 Å². The van der Waals surface area contributed by atoms with Gasteiger partial charge >= 0.3 is 0 Å². The van der Waals surface area contributed by atoms with Crippen LogP contribution in [0.25, 0.3) is 17.0 Å². The van der Waals surface area contributed by atoms with Gasteiger partial charge in [-0.15, -0.1) is 0 Å². The maximum atomic E-state index is 11.4. The van der Waals surface area contributed by atoms with Crippen LogP contribution in [0.15, 0.2) is 42.9 Å². The maximum Gasteiger partial charge on any atom is 0.266 e. The molecule has 4 aromatic rings. The molecule has 3 aromatic heterocycles. The third-order valence-corrected chi connectivity index (χ3v) is 6.97. The molecule has 2 saturated heterocycles. The summed E-state index contributed by atoms with van der Waals surface area (Å²) in [4.78, 5) is 25.5. The molecule has 1 aromatic carbocycles. The number of anilines is 3. The van der Waals surface area contributed by atoms with Gasteiger partial charge in [0, 0.05) is 42.1 Å². The van der Waals surface area contributed by atoms with E-state index in [1.807, 2.05) is 0 Å². The number of primary amides is 1. The van der Waals surface area contributed by atoms with Gasteiger partial charge in [-0.1, -0.05) is 0 Å². The van der Waals surface area contributed by atoms with Gasteiger partial charge in [-0.3, -0.25) is 14.8 Å². The molecular weight excluding hydrogens is 444 g/mol. The van der Waals surface area contributed by atoms with Crippen molar-refractivity contribution in [2.75, 3.05) is 23.3 Å². The smallest absolute Gasteiger partial charge is 0.266 e. The zero-order valence-corrected chi connectivity index (χ0v) is 19.9. The highest BCUT2D eigenvalue weighted by atomic mass is 16.1. The Morgan fingerprint density at radius 2 is 1.94 bits per heavy atom. The molecule has 0 aliphatic carbocycles. The van der Waals surface area contributed by atoms with Gasteiger partial charge < -0.3 is 16.0 Å². The number of H-pyrrole nitrogens is 1. The number of aromatic nitrogens is 6. The molecular formula is C24H28N10O. The summed E-state index contributed by atoms with van der Waals surface area (Å²) in [7, 11) is 0. The van der Waals surface area contributed by atoms with Crippen molar-refractivity contribution in [3.05, 3.63) is 48.5 Å². The maximum absolute atomic E-state index is 11.4. The summed E-state index contributed by atoms with van der Waals surface area (Å²) in [5, 5.41) is 14.4. The molecule has 11 nitrogen and oxygen atoms in total. The average molecular weight is 473 g/mol. The zero-order chi connectivity index (χ0) is 24.3. The summed E-state index contributed by atoms with van der Waals surface area (Å²) >= 11 is 0. The summed E-state index contributed by atoms with van der Waals surface area (Å²) in [6, 6.07) is 11.2. The van der Waals surface area contributed by atoms with Gasteiger partial charge in [0.1, 0.15) is 23.4 Å². The number of benzene rings is 1. The Morgan fingerprint density at radius 1 is 1.14 bits per heavy atom. The standard InChI is InChI=1S/C24H28N10O/c1-24(2,3)33-12-16-8-17(33)11-32(16)15-6-4-14(5-7-15)29-22-23-27-13-28-34(23)20(10-26-22)18-9-19(21(25)35)31-30-18/h4-7,9-10,13,16-17H,8,11-12H2,1-3H3,(H2,25,35)(H,26,29)(H,30,31)/t16-,17+/m0/s1. The molecule has 5 heterocycles. The molecule has 180 valence electrons. The van der Waals surface area contributed by atoms with Crippen LogP contribution in [0.2, 0.25) is 0 Å². The summed E-state index contributed by atoms with van der Waals surface area (Å²) in [6.45, 7) is 9.10. The summed E-state index contributed by atoms with van der Waals surface area (Å²) < 4.78 is 1.63. The lowest BCUT2D eigenvalue weighted by atomic mass is 10.0. The van der Waals surface area contributed by atoms with E-state index in [1.54, 1.807) is 16.8 Å². The molecule has 2 atom stereocenters. The van der Waals surface area contributed by atoms with E-state index in [1.165, 1.54) is 18.4 Å². The van der Waals surface area contributed by atoms with Crippen molar-refractivity contribution in [3.63, 3.8) is 0 Å². The first kappa shape index (κ1) is 21.5. The zero-order valence-electron chi connectivity index (χ0n) is 19.9. The highest BCUT2D eigenvalue weighted by Crippen LogP contribution is 2.38. The van der Waals surface area contributed by atoms with E-state index in [4.69, 9.17) is 5.73 Å². The molecule has 2 aliphatic heterocycles. The molecule has 11 heteroatoms. The first-order valence-corrected chi connectivity index (χ1v) is 11.7. The number of hydrogen-bond acceptors (Lipinski definition) is 8. The second-order valence-corrected chi connectivity index (χ2v) is 10.2. The van der Waals surface area contributed by atoms with Crippen LogP contribution >= 0.6 is 0 Å². The first-order valence-electron chi connectivity index (χ1n) is 11.7. The molecule has 0 unspecified atom stereocenters. The third-order valence-electron chi connectivity index (χ3n) is 6.97. The molecule has 4 N–H and O–H groups in total. The van der Waals surface area contributed by atoms with Crippen molar-refractivity contribution >= 4 is 28.7 Å². The molecule has 2 aliphatic rings. The number of rotatable bonds is 5. The van der Waals surface area contributed by atoms with Crippen molar-refractivity contribution in [2.45, 2.75) is 44.8 Å². The van der Waals surface area contributed by atoms with Crippen LogP contribution in [-0.4, -0.2) is 71.3 Å². The number of fused-ring (bicyclic) bond motifs is 3. The Morgan fingerprint density at radius 3 is 2.60 bits per heavy atom. The monoisotopic (exact) mass is 472 g/mol. The minimum absolute atomic E-state index is 0.216. The van der Waals surface area contributed by atoms with Crippen molar-refractivity contribution in [3.8, 4) is 11.4 Å². The van der Waals surface area contributed by atoms with E-state index in [9.17, 15) is 4.79 Å². The number of hydrogen-bond donors (Lipinski definition) is 3. The van der Waals surface area contributed by atoms with Crippen LogP contribution in [-0.2, 0) is 0 Å². The normalized spacial score (nSPS) is 20.1. The average Bonchev–Trinajstić information content (AvgIpc) is 3.62. The quantitative estimate of drug-likeness (QED) is 0.403. The van der Waals surface area contributed by atoms with Crippen molar-refractivity contribution < 1.29 is 4.79 Å². The third kappa shape index (κ3) is 3.68. The number of carbonyl (C=O) groups excluding carboxylic acids is 1. The Bertz CT molecular complexity index is 1400. The predicted molar refractivity (Wildman–Crippen MR) is 133 cm³/mol. The Labute approximate surface area is 202 Å². The number of amides is 1. The van der Waals surface area contributed by atoms with Gasteiger partial charge in [0.15, 0.2) is 11.5 Å². The van der Waals surface area contributed by atoms with Gasteiger partial charge in [0.05, 0.1) is 6.20 Å². The number of nitrogens with two attached hydrogens (primary N) is 1. The number of nitrogens with zero attached hydrogens (tertiary/aromatic N) is 7. The minimum atomic E-state index is -0.582. The Kier molecular flexibility index (Phi) is 4.78. The Balaban J connectivity index is 1.20. The van der Waals surface area contributed by atoms with E-state index < -0.39 is 5.91 Å². The predicted octanol–water partition coefficient (Wildman–Crippen LogP) is 2.42. The first-order chi connectivity index (χ1) is 16.8.